The van der Waals surface area contributed by atoms with Gasteiger partial charge in [0.05, 0.1) is 24.0 Å². The lowest BCUT2D eigenvalue weighted by Crippen LogP contribution is -2.37. The van der Waals surface area contributed by atoms with Crippen LogP contribution < -0.4 is 5.32 Å². The number of carbonyl (C=O) groups excluding carboxylic acids is 1. The Hall–Kier alpha value is -2.26. The van der Waals surface area contributed by atoms with Crippen molar-refractivity contribution in [2.45, 2.75) is 32.5 Å². The summed E-state index contributed by atoms with van der Waals surface area (Å²) in [5.41, 5.74) is 0.845. The highest BCUT2D eigenvalue weighted by molar-refractivity contribution is 6.62. The number of halogens is 2. The molecule has 0 spiro atoms. The Labute approximate surface area is 142 Å². The van der Waals surface area contributed by atoms with Gasteiger partial charge in [0.25, 0.3) is 0 Å². The third kappa shape index (κ3) is 2.69. The summed E-state index contributed by atoms with van der Waals surface area (Å²) in [6, 6.07) is 0. The van der Waals surface area contributed by atoms with E-state index in [9.17, 15) is 9.18 Å². The van der Waals surface area contributed by atoms with E-state index in [1.165, 1.54) is 12.0 Å². The molecule has 2 N–H and O–H groups in total. The van der Waals surface area contributed by atoms with Crippen molar-refractivity contribution in [3.8, 4) is 0 Å². The number of aromatic nitrogens is 4. The Balaban J connectivity index is 1.92. The van der Waals surface area contributed by atoms with Crippen molar-refractivity contribution in [2.75, 3.05) is 12.4 Å². The second-order valence-corrected chi connectivity index (χ2v) is 6.19. The summed E-state index contributed by atoms with van der Waals surface area (Å²) in [6.07, 6.45) is 1.06. The normalized spacial score (nSPS) is 15.5. The molecule has 0 aliphatic carbocycles. The van der Waals surface area contributed by atoms with Gasteiger partial charge in [-0.2, -0.15) is 5.10 Å². The minimum atomic E-state index is -0.632. The van der Waals surface area contributed by atoms with Gasteiger partial charge < -0.3 is 15.0 Å². The summed E-state index contributed by atoms with van der Waals surface area (Å²) in [6.45, 7) is 4.13. The van der Waals surface area contributed by atoms with E-state index in [2.05, 4.69) is 25.5 Å². The average Bonchev–Trinajstić information content (AvgIpc) is 3.02. The number of H-pyrrole nitrogens is 1. The molecule has 2 aromatic rings. The molecule has 128 valence electrons. The zero-order valence-corrected chi connectivity index (χ0v) is 14.1. The monoisotopic (exact) mass is 354 g/mol. The molecule has 0 bridgehead atoms. The predicted molar refractivity (Wildman–Crippen MR) is 84.4 cm³/mol. The first-order valence-electron chi connectivity index (χ1n) is 7.16. The van der Waals surface area contributed by atoms with E-state index in [1.807, 2.05) is 13.8 Å². The Kier molecular flexibility index (Phi) is 4.14. The van der Waals surface area contributed by atoms with Gasteiger partial charge in [0.15, 0.2) is 23.3 Å². The zero-order chi connectivity index (χ0) is 17.5. The SMILES string of the molecule is COCc1ncc(F)c(Nc2n[nH]c3c2CN(C(=O)Cl)C3(C)C)n1. The van der Waals surface area contributed by atoms with Crippen LogP contribution >= 0.6 is 11.6 Å². The van der Waals surface area contributed by atoms with Crippen LogP contribution in [0.2, 0.25) is 0 Å². The predicted octanol–water partition coefficient (Wildman–Crippen LogP) is 2.64. The number of anilines is 2. The number of ether oxygens (including phenoxy) is 1. The van der Waals surface area contributed by atoms with Crippen LogP contribution in [0.4, 0.5) is 20.8 Å². The van der Waals surface area contributed by atoms with Gasteiger partial charge in [-0.05, 0) is 25.4 Å². The molecule has 1 aliphatic heterocycles. The van der Waals surface area contributed by atoms with Crippen molar-refractivity contribution in [3.05, 3.63) is 29.1 Å². The fourth-order valence-electron chi connectivity index (χ4n) is 2.70. The number of nitrogens with one attached hydrogen (secondary N) is 2. The van der Waals surface area contributed by atoms with Gasteiger partial charge in [-0.15, -0.1) is 0 Å². The summed E-state index contributed by atoms with van der Waals surface area (Å²) >= 11 is 5.65. The lowest BCUT2D eigenvalue weighted by atomic mass is 10.0. The molecule has 24 heavy (non-hydrogen) atoms. The summed E-state index contributed by atoms with van der Waals surface area (Å²) < 4.78 is 18.9. The first kappa shape index (κ1) is 16.6. The van der Waals surface area contributed by atoms with Crippen LogP contribution in [0.15, 0.2) is 6.20 Å². The van der Waals surface area contributed by atoms with Gasteiger partial charge in [-0.3, -0.25) is 9.89 Å². The minimum Gasteiger partial charge on any atom is -0.377 e. The van der Waals surface area contributed by atoms with Crippen LogP contribution in [0.25, 0.3) is 0 Å². The molecule has 0 saturated carbocycles. The van der Waals surface area contributed by atoms with E-state index in [-0.39, 0.29) is 19.0 Å². The molecule has 3 rings (SSSR count). The van der Waals surface area contributed by atoms with Gasteiger partial charge in [-0.1, -0.05) is 0 Å². The number of aromatic amines is 1. The number of methoxy groups -OCH3 is 1. The molecule has 8 nitrogen and oxygen atoms in total. The van der Waals surface area contributed by atoms with E-state index >= 15 is 0 Å². The molecular weight excluding hydrogens is 339 g/mol. The van der Waals surface area contributed by atoms with Gasteiger partial charge in [0.2, 0.25) is 0 Å². The molecule has 1 amide bonds. The molecule has 0 aromatic carbocycles. The summed E-state index contributed by atoms with van der Waals surface area (Å²) in [7, 11) is 1.50. The van der Waals surface area contributed by atoms with E-state index in [1.54, 1.807) is 0 Å². The van der Waals surface area contributed by atoms with Crippen LogP contribution in [-0.2, 0) is 23.4 Å². The second kappa shape index (κ2) is 5.99. The van der Waals surface area contributed by atoms with Crippen molar-refractivity contribution in [3.63, 3.8) is 0 Å². The minimum absolute atomic E-state index is 0.0141. The van der Waals surface area contributed by atoms with Crippen LogP contribution in [0.3, 0.4) is 0 Å². The number of hydrogen-bond acceptors (Lipinski definition) is 6. The molecule has 1 aliphatic rings. The number of fused-ring (bicyclic) bond motifs is 1. The van der Waals surface area contributed by atoms with Gasteiger partial charge in [-0.25, -0.2) is 14.4 Å². The highest BCUT2D eigenvalue weighted by Gasteiger charge is 2.43. The van der Waals surface area contributed by atoms with Gasteiger partial charge in [0.1, 0.15) is 6.61 Å². The molecule has 0 unspecified atom stereocenters. The number of amides is 1. The number of hydrogen-bond donors (Lipinski definition) is 2. The van der Waals surface area contributed by atoms with E-state index < -0.39 is 16.7 Å². The number of carbonyl (C=O) groups is 1. The van der Waals surface area contributed by atoms with Crippen molar-refractivity contribution in [2.24, 2.45) is 0 Å². The van der Waals surface area contributed by atoms with Crippen LogP contribution in [-0.4, -0.2) is 37.5 Å². The zero-order valence-electron chi connectivity index (χ0n) is 13.4. The average molecular weight is 355 g/mol. The van der Waals surface area contributed by atoms with Crippen molar-refractivity contribution >= 4 is 28.6 Å². The topological polar surface area (TPSA) is 96.0 Å². The molecule has 2 aromatic heterocycles. The highest BCUT2D eigenvalue weighted by atomic mass is 35.5. The van der Waals surface area contributed by atoms with Crippen LogP contribution in [0.5, 0.6) is 0 Å². The highest BCUT2D eigenvalue weighted by Crippen LogP contribution is 2.41. The Morgan fingerprint density at radius 3 is 2.96 bits per heavy atom. The fourth-order valence-corrected chi connectivity index (χ4v) is 2.97. The molecule has 0 fully saturated rings. The van der Waals surface area contributed by atoms with Crippen molar-refractivity contribution in [1.29, 1.82) is 0 Å². The van der Waals surface area contributed by atoms with Crippen LogP contribution in [0, 0.1) is 5.82 Å². The Morgan fingerprint density at radius 1 is 1.54 bits per heavy atom. The van der Waals surface area contributed by atoms with Crippen molar-refractivity contribution in [1.82, 2.24) is 25.1 Å². The quantitative estimate of drug-likeness (QED) is 0.647. The smallest absolute Gasteiger partial charge is 0.317 e. The number of nitrogens with zero attached hydrogens (tertiary/aromatic N) is 4. The van der Waals surface area contributed by atoms with Gasteiger partial charge >= 0.3 is 5.37 Å². The Morgan fingerprint density at radius 2 is 2.29 bits per heavy atom. The maximum absolute atomic E-state index is 14.0. The van der Waals surface area contributed by atoms with E-state index in [4.69, 9.17) is 16.3 Å². The van der Waals surface area contributed by atoms with Gasteiger partial charge in [0, 0.05) is 12.7 Å². The number of rotatable bonds is 4. The lowest BCUT2D eigenvalue weighted by molar-refractivity contribution is 0.164. The largest absolute Gasteiger partial charge is 0.377 e. The van der Waals surface area contributed by atoms with E-state index in [0.29, 0.717) is 11.6 Å². The third-order valence-electron chi connectivity index (χ3n) is 3.99. The van der Waals surface area contributed by atoms with Crippen LogP contribution in [0.1, 0.15) is 30.9 Å². The first-order valence-corrected chi connectivity index (χ1v) is 7.54. The fraction of sp³-hybridized carbons (Fsp3) is 0.429. The molecule has 0 atom stereocenters. The second-order valence-electron chi connectivity index (χ2n) is 5.86. The Bertz CT molecular complexity index is 794. The summed E-state index contributed by atoms with van der Waals surface area (Å²) in [5, 5.41) is 9.33. The molecule has 10 heteroatoms. The summed E-state index contributed by atoms with van der Waals surface area (Å²) in [4.78, 5) is 21.0. The maximum Gasteiger partial charge on any atom is 0.317 e. The third-order valence-corrected chi connectivity index (χ3v) is 4.19. The molecule has 3 heterocycles. The maximum atomic E-state index is 14.0. The lowest BCUT2D eigenvalue weighted by Gasteiger charge is -2.29. The molecule has 0 saturated heterocycles. The van der Waals surface area contributed by atoms with Crippen molar-refractivity contribution < 1.29 is 13.9 Å². The van der Waals surface area contributed by atoms with E-state index in [0.717, 1.165) is 17.5 Å². The molecular formula is C14H16ClFN6O2. The first-order chi connectivity index (χ1) is 11.3. The molecule has 0 radical (unpaired) electrons. The summed E-state index contributed by atoms with van der Waals surface area (Å²) in [5.74, 6) is 0.0971. The standard InChI is InChI=1S/C14H16ClFN6O2/c1-14(2)10-7(5-22(14)13(15)23)11(21-20-10)19-12-8(16)4-17-9(18-12)6-24-3/h4H,5-6H2,1-3H3,(H2,17,18,19,20,21).